The van der Waals surface area contributed by atoms with E-state index in [1.807, 2.05) is 6.92 Å². The van der Waals surface area contributed by atoms with E-state index in [9.17, 15) is 4.79 Å². The Labute approximate surface area is 107 Å². The van der Waals surface area contributed by atoms with Crippen LogP contribution >= 0.6 is 0 Å². The fourth-order valence-corrected chi connectivity index (χ4v) is 2.04. The Morgan fingerprint density at radius 2 is 2.22 bits per heavy atom. The Balaban J connectivity index is 1.94. The topological polar surface area (TPSA) is 52.1 Å². The molecule has 18 heavy (non-hydrogen) atoms. The zero-order valence-electron chi connectivity index (χ0n) is 10.6. The first kappa shape index (κ1) is 12.7. The second-order valence-corrected chi connectivity index (χ2v) is 4.44. The first-order valence-corrected chi connectivity index (χ1v) is 6.44. The molecule has 0 radical (unpaired) electrons. The molecule has 0 bridgehead atoms. The third-order valence-electron chi connectivity index (χ3n) is 3.05. The summed E-state index contributed by atoms with van der Waals surface area (Å²) < 4.78 is 5.17. The highest BCUT2D eigenvalue weighted by atomic mass is 16.5. The molecule has 1 aromatic heterocycles. The summed E-state index contributed by atoms with van der Waals surface area (Å²) in [6.45, 7) is 2.52. The van der Waals surface area contributed by atoms with Gasteiger partial charge in [0.15, 0.2) is 5.82 Å². The van der Waals surface area contributed by atoms with Gasteiger partial charge < -0.3 is 4.74 Å². The minimum atomic E-state index is -0.0684. The second-order valence-electron chi connectivity index (χ2n) is 4.44. The van der Waals surface area contributed by atoms with Crippen molar-refractivity contribution in [2.75, 3.05) is 6.61 Å². The molecule has 0 aromatic carbocycles. The molecule has 96 valence electrons. The van der Waals surface area contributed by atoms with Gasteiger partial charge in [0.05, 0.1) is 12.5 Å². The fourth-order valence-electron chi connectivity index (χ4n) is 2.04. The SMILES string of the molecule is CCCOC(=O)C1CC=C(c2ncccn2)CC1. The van der Waals surface area contributed by atoms with Gasteiger partial charge >= 0.3 is 5.97 Å². The molecule has 0 saturated heterocycles. The quantitative estimate of drug-likeness (QED) is 0.766. The number of carbonyl (C=O) groups is 1. The van der Waals surface area contributed by atoms with Gasteiger partial charge in [0.2, 0.25) is 0 Å². The summed E-state index contributed by atoms with van der Waals surface area (Å²) in [7, 11) is 0. The van der Waals surface area contributed by atoms with E-state index >= 15 is 0 Å². The highest BCUT2D eigenvalue weighted by Crippen LogP contribution is 2.28. The number of hydrogen-bond acceptors (Lipinski definition) is 4. The summed E-state index contributed by atoms with van der Waals surface area (Å²) in [5, 5.41) is 0. The van der Waals surface area contributed by atoms with Crippen molar-refractivity contribution in [3.8, 4) is 0 Å². The minimum Gasteiger partial charge on any atom is -0.465 e. The minimum absolute atomic E-state index is 0.00372. The van der Waals surface area contributed by atoms with Crippen LogP contribution in [0.3, 0.4) is 0 Å². The van der Waals surface area contributed by atoms with Gasteiger partial charge in [-0.25, -0.2) is 9.97 Å². The normalized spacial score (nSPS) is 19.2. The van der Waals surface area contributed by atoms with Gasteiger partial charge in [-0.15, -0.1) is 0 Å². The van der Waals surface area contributed by atoms with E-state index in [0.29, 0.717) is 6.61 Å². The molecular weight excluding hydrogens is 228 g/mol. The van der Waals surface area contributed by atoms with Gasteiger partial charge in [-0.2, -0.15) is 0 Å². The highest BCUT2D eigenvalue weighted by Gasteiger charge is 2.23. The Bertz CT molecular complexity index is 429. The summed E-state index contributed by atoms with van der Waals surface area (Å²) in [5.74, 6) is 0.711. The summed E-state index contributed by atoms with van der Waals surface area (Å²) in [6, 6.07) is 1.80. The summed E-state index contributed by atoms with van der Waals surface area (Å²) in [4.78, 5) is 20.2. The lowest BCUT2D eigenvalue weighted by Crippen LogP contribution is -2.20. The predicted molar refractivity (Wildman–Crippen MR) is 68.6 cm³/mol. The molecule has 0 N–H and O–H groups in total. The van der Waals surface area contributed by atoms with Crippen LogP contribution in [0.5, 0.6) is 0 Å². The summed E-state index contributed by atoms with van der Waals surface area (Å²) >= 11 is 0. The van der Waals surface area contributed by atoms with Crippen LogP contribution in [0.4, 0.5) is 0 Å². The van der Waals surface area contributed by atoms with Crippen molar-refractivity contribution in [1.29, 1.82) is 0 Å². The van der Waals surface area contributed by atoms with Gasteiger partial charge in [-0.05, 0) is 37.3 Å². The number of aromatic nitrogens is 2. The number of carbonyl (C=O) groups excluding carboxylic acids is 1. The Morgan fingerprint density at radius 3 is 2.83 bits per heavy atom. The molecule has 0 saturated carbocycles. The van der Waals surface area contributed by atoms with E-state index in [1.54, 1.807) is 18.5 Å². The number of ether oxygens (including phenoxy) is 1. The molecule has 1 heterocycles. The van der Waals surface area contributed by atoms with Crippen LogP contribution in [0.25, 0.3) is 5.57 Å². The number of rotatable bonds is 4. The molecule has 4 nitrogen and oxygen atoms in total. The molecule has 0 spiro atoms. The van der Waals surface area contributed by atoms with E-state index in [0.717, 1.165) is 37.1 Å². The van der Waals surface area contributed by atoms with Crippen molar-refractivity contribution < 1.29 is 9.53 Å². The number of hydrogen-bond donors (Lipinski definition) is 0. The standard InChI is InChI=1S/C14H18N2O2/c1-2-10-18-14(17)12-6-4-11(5-7-12)13-15-8-3-9-16-13/h3-4,8-9,12H,2,5-7,10H2,1H3. The van der Waals surface area contributed by atoms with Gasteiger partial charge in [0.25, 0.3) is 0 Å². The zero-order chi connectivity index (χ0) is 12.8. The highest BCUT2D eigenvalue weighted by molar-refractivity contribution is 5.74. The van der Waals surface area contributed by atoms with Crippen LogP contribution < -0.4 is 0 Å². The molecular formula is C14H18N2O2. The lowest BCUT2D eigenvalue weighted by atomic mass is 9.89. The van der Waals surface area contributed by atoms with Crippen LogP contribution in [0.15, 0.2) is 24.5 Å². The van der Waals surface area contributed by atoms with Crippen LogP contribution in [0, 0.1) is 5.92 Å². The van der Waals surface area contributed by atoms with Crippen molar-refractivity contribution in [2.24, 2.45) is 5.92 Å². The molecule has 4 heteroatoms. The molecule has 0 fully saturated rings. The fraction of sp³-hybridized carbons (Fsp3) is 0.500. The zero-order valence-corrected chi connectivity index (χ0v) is 10.6. The van der Waals surface area contributed by atoms with Crippen molar-refractivity contribution in [2.45, 2.75) is 32.6 Å². The monoisotopic (exact) mass is 246 g/mol. The molecule has 1 aliphatic rings. The average molecular weight is 246 g/mol. The molecule has 1 atom stereocenters. The molecule has 0 aliphatic heterocycles. The average Bonchev–Trinajstić information content (AvgIpc) is 2.46. The molecule has 1 unspecified atom stereocenters. The van der Waals surface area contributed by atoms with Gasteiger partial charge in [0, 0.05) is 12.4 Å². The third kappa shape index (κ3) is 3.15. The number of nitrogens with zero attached hydrogens (tertiary/aromatic N) is 2. The second kappa shape index (κ2) is 6.28. The van der Waals surface area contributed by atoms with Crippen molar-refractivity contribution >= 4 is 11.5 Å². The maximum absolute atomic E-state index is 11.7. The third-order valence-corrected chi connectivity index (χ3v) is 3.05. The number of allylic oxidation sites excluding steroid dienone is 2. The van der Waals surface area contributed by atoms with E-state index in [1.165, 1.54) is 0 Å². The van der Waals surface area contributed by atoms with Crippen LogP contribution in [0.1, 0.15) is 38.4 Å². The smallest absolute Gasteiger partial charge is 0.309 e. The maximum Gasteiger partial charge on any atom is 0.309 e. The van der Waals surface area contributed by atoms with E-state index in [-0.39, 0.29) is 11.9 Å². The lowest BCUT2D eigenvalue weighted by Gasteiger charge is -2.19. The van der Waals surface area contributed by atoms with Crippen LogP contribution in [-0.2, 0) is 9.53 Å². The van der Waals surface area contributed by atoms with Gasteiger partial charge in [0.1, 0.15) is 0 Å². The maximum atomic E-state index is 11.7. The van der Waals surface area contributed by atoms with Crippen LogP contribution in [-0.4, -0.2) is 22.5 Å². The number of esters is 1. The summed E-state index contributed by atoms with van der Waals surface area (Å²) in [6.07, 6.45) is 8.82. The van der Waals surface area contributed by atoms with Gasteiger partial charge in [-0.1, -0.05) is 13.0 Å². The van der Waals surface area contributed by atoms with Crippen LogP contribution in [0.2, 0.25) is 0 Å². The van der Waals surface area contributed by atoms with Gasteiger partial charge in [-0.3, -0.25) is 4.79 Å². The predicted octanol–water partition coefficient (Wildman–Crippen LogP) is 2.61. The Hall–Kier alpha value is -1.71. The van der Waals surface area contributed by atoms with E-state index in [4.69, 9.17) is 4.74 Å². The molecule has 2 rings (SSSR count). The largest absolute Gasteiger partial charge is 0.465 e. The van der Waals surface area contributed by atoms with Crippen molar-refractivity contribution in [1.82, 2.24) is 9.97 Å². The first-order valence-electron chi connectivity index (χ1n) is 6.44. The van der Waals surface area contributed by atoms with E-state index in [2.05, 4.69) is 16.0 Å². The Kier molecular flexibility index (Phi) is 4.45. The summed E-state index contributed by atoms with van der Waals surface area (Å²) in [5.41, 5.74) is 1.13. The molecule has 1 aromatic rings. The lowest BCUT2D eigenvalue weighted by molar-refractivity contribution is -0.148. The van der Waals surface area contributed by atoms with E-state index < -0.39 is 0 Å². The Morgan fingerprint density at radius 1 is 1.44 bits per heavy atom. The first-order chi connectivity index (χ1) is 8.81. The van der Waals surface area contributed by atoms with Crippen molar-refractivity contribution in [3.63, 3.8) is 0 Å². The molecule has 1 aliphatic carbocycles. The van der Waals surface area contributed by atoms with Crippen molar-refractivity contribution in [3.05, 3.63) is 30.4 Å². The molecule has 0 amide bonds.